The van der Waals surface area contributed by atoms with Gasteiger partial charge in [-0.2, -0.15) is 11.8 Å². The predicted molar refractivity (Wildman–Crippen MR) is 82.9 cm³/mol. The molecule has 0 atom stereocenters. The van der Waals surface area contributed by atoms with Crippen LogP contribution in [0.2, 0.25) is 0 Å². The Labute approximate surface area is 126 Å². The molecule has 1 heterocycles. The number of hydrogen-bond acceptors (Lipinski definition) is 7. The van der Waals surface area contributed by atoms with Crippen molar-refractivity contribution in [1.29, 1.82) is 0 Å². The molecule has 1 aromatic rings. The van der Waals surface area contributed by atoms with Gasteiger partial charge in [-0.25, -0.2) is 4.98 Å². The average molecular weight is 312 g/mol. The van der Waals surface area contributed by atoms with Crippen LogP contribution in [0.4, 0.5) is 0 Å². The van der Waals surface area contributed by atoms with Crippen LogP contribution in [-0.2, 0) is 5.75 Å². The fourth-order valence-corrected chi connectivity index (χ4v) is 2.78. The highest BCUT2D eigenvalue weighted by atomic mass is 32.2. The van der Waals surface area contributed by atoms with Crippen LogP contribution in [-0.4, -0.2) is 28.7 Å². The Hall–Kier alpha value is -1.72. The Morgan fingerprint density at radius 3 is 3.10 bits per heavy atom. The van der Waals surface area contributed by atoms with Crippen LogP contribution in [0.15, 0.2) is 17.4 Å². The highest BCUT2D eigenvalue weighted by Gasteiger charge is 2.02. The van der Waals surface area contributed by atoms with Crippen molar-refractivity contribution in [2.24, 2.45) is 0 Å². The molecule has 1 aromatic heterocycles. The van der Waals surface area contributed by atoms with E-state index < -0.39 is 4.92 Å². The molecule has 0 fully saturated rings. The lowest BCUT2D eigenvalue weighted by Crippen LogP contribution is -2.29. The molecule has 1 rings (SSSR count). The van der Waals surface area contributed by atoms with Crippen LogP contribution >= 0.6 is 23.1 Å². The number of aromatic nitrogens is 1. The molecular weight excluding hydrogens is 296 g/mol. The van der Waals surface area contributed by atoms with Crippen molar-refractivity contribution in [1.82, 2.24) is 15.6 Å². The molecule has 8 heteroatoms. The molecule has 0 spiro atoms. The predicted octanol–water partition coefficient (Wildman–Crippen LogP) is 1.57. The summed E-state index contributed by atoms with van der Waals surface area (Å²) in [6.45, 7) is 2.84. The van der Waals surface area contributed by atoms with E-state index in [2.05, 4.69) is 21.5 Å². The van der Waals surface area contributed by atoms with Crippen LogP contribution in [0, 0.1) is 29.4 Å². The summed E-state index contributed by atoms with van der Waals surface area (Å²) in [6.07, 6.45) is 5.98. The zero-order valence-corrected chi connectivity index (χ0v) is 12.7. The third kappa shape index (κ3) is 7.01. The van der Waals surface area contributed by atoms with Crippen LogP contribution in [0.1, 0.15) is 10.7 Å². The molecule has 0 aliphatic carbocycles. The third-order valence-corrected chi connectivity index (χ3v) is 3.91. The largest absolute Gasteiger partial charge is 0.366 e. The number of thiazole rings is 1. The Kier molecular flexibility index (Phi) is 7.54. The number of aryl methyl sites for hydroxylation is 1. The highest BCUT2D eigenvalue weighted by molar-refractivity contribution is 7.98. The summed E-state index contributed by atoms with van der Waals surface area (Å²) in [6, 6.07) is 0. The zero-order valence-electron chi connectivity index (χ0n) is 11.1. The molecule has 0 saturated heterocycles. The summed E-state index contributed by atoms with van der Waals surface area (Å²) in [4.78, 5) is 14.3. The lowest BCUT2D eigenvalue weighted by atomic mass is 10.6. The lowest BCUT2D eigenvalue weighted by Gasteiger charge is -2.08. The first-order chi connectivity index (χ1) is 9.61. The average Bonchev–Trinajstić information content (AvgIpc) is 2.80. The van der Waals surface area contributed by atoms with Gasteiger partial charge >= 0.3 is 0 Å². The summed E-state index contributed by atoms with van der Waals surface area (Å²) in [7, 11) is 0. The Balaban J connectivity index is 2.23. The van der Waals surface area contributed by atoms with Crippen LogP contribution in [0.3, 0.4) is 0 Å². The van der Waals surface area contributed by atoms with Gasteiger partial charge in [-0.1, -0.05) is 5.92 Å². The first-order valence-electron chi connectivity index (χ1n) is 5.87. The zero-order chi connectivity index (χ0) is 14.8. The molecule has 0 aliphatic rings. The minimum atomic E-state index is -0.517. The molecule has 2 N–H and O–H groups in total. The lowest BCUT2D eigenvalue weighted by molar-refractivity contribution is -0.404. The SMILES string of the molecule is C#CCNC(=C[N+](=O)[O-])NCCSCc1csc(C)n1. The van der Waals surface area contributed by atoms with E-state index in [0.29, 0.717) is 12.4 Å². The van der Waals surface area contributed by atoms with Gasteiger partial charge in [0.2, 0.25) is 0 Å². The Morgan fingerprint density at radius 2 is 2.50 bits per heavy atom. The summed E-state index contributed by atoms with van der Waals surface area (Å²) < 4.78 is 0. The van der Waals surface area contributed by atoms with E-state index in [-0.39, 0.29) is 6.54 Å². The van der Waals surface area contributed by atoms with Gasteiger partial charge in [0.05, 0.1) is 22.2 Å². The van der Waals surface area contributed by atoms with Gasteiger partial charge in [0.1, 0.15) is 0 Å². The fraction of sp³-hybridized carbons (Fsp3) is 0.417. The van der Waals surface area contributed by atoms with Gasteiger partial charge in [0, 0.05) is 23.4 Å². The quantitative estimate of drug-likeness (QED) is 0.312. The van der Waals surface area contributed by atoms with Crippen molar-refractivity contribution in [3.05, 3.63) is 38.2 Å². The van der Waals surface area contributed by atoms with Crippen molar-refractivity contribution in [2.75, 3.05) is 18.8 Å². The summed E-state index contributed by atoms with van der Waals surface area (Å²) in [5, 5.41) is 19.3. The maximum absolute atomic E-state index is 10.4. The Bertz CT molecular complexity index is 508. The van der Waals surface area contributed by atoms with Gasteiger partial charge in [0.25, 0.3) is 6.20 Å². The molecule has 0 aromatic carbocycles. The van der Waals surface area contributed by atoms with E-state index in [1.807, 2.05) is 12.3 Å². The molecule has 0 saturated carbocycles. The van der Waals surface area contributed by atoms with Gasteiger partial charge in [-0.05, 0) is 6.92 Å². The van der Waals surface area contributed by atoms with Gasteiger partial charge < -0.3 is 10.6 Å². The molecule has 0 bridgehead atoms. The summed E-state index contributed by atoms with van der Waals surface area (Å²) in [5.74, 6) is 4.37. The summed E-state index contributed by atoms with van der Waals surface area (Å²) in [5.41, 5.74) is 1.07. The number of nitro groups is 1. The van der Waals surface area contributed by atoms with E-state index in [1.54, 1.807) is 23.1 Å². The topological polar surface area (TPSA) is 80.1 Å². The van der Waals surface area contributed by atoms with Crippen molar-refractivity contribution < 1.29 is 4.92 Å². The number of rotatable bonds is 9. The Morgan fingerprint density at radius 1 is 1.70 bits per heavy atom. The minimum Gasteiger partial charge on any atom is -0.366 e. The smallest absolute Gasteiger partial charge is 0.274 e. The van der Waals surface area contributed by atoms with Gasteiger partial charge in [0.15, 0.2) is 5.82 Å². The first-order valence-corrected chi connectivity index (χ1v) is 7.90. The normalized spacial score (nSPS) is 10.9. The van der Waals surface area contributed by atoms with E-state index >= 15 is 0 Å². The summed E-state index contributed by atoms with van der Waals surface area (Å²) >= 11 is 3.36. The molecule has 0 aliphatic heterocycles. The highest BCUT2D eigenvalue weighted by Crippen LogP contribution is 2.14. The van der Waals surface area contributed by atoms with Crippen LogP contribution < -0.4 is 10.6 Å². The van der Waals surface area contributed by atoms with Gasteiger partial charge in [-0.15, -0.1) is 17.8 Å². The number of nitrogens with one attached hydrogen (secondary N) is 2. The van der Waals surface area contributed by atoms with Crippen molar-refractivity contribution >= 4 is 23.1 Å². The second kappa shape index (κ2) is 9.23. The molecule has 20 heavy (non-hydrogen) atoms. The number of hydrogen-bond donors (Lipinski definition) is 2. The van der Waals surface area contributed by atoms with Crippen LogP contribution in [0.25, 0.3) is 0 Å². The van der Waals surface area contributed by atoms with E-state index in [9.17, 15) is 10.1 Å². The molecule has 0 radical (unpaired) electrons. The van der Waals surface area contributed by atoms with Crippen molar-refractivity contribution in [3.8, 4) is 12.3 Å². The molecule has 108 valence electrons. The number of nitrogens with zero attached hydrogens (tertiary/aromatic N) is 2. The van der Waals surface area contributed by atoms with Crippen molar-refractivity contribution in [2.45, 2.75) is 12.7 Å². The standard InChI is InChI=1S/C12H16N4O2S2/c1-3-4-13-12(7-16(17)18)14-5-6-19-8-11-9-20-10(2)15-11/h1,7,9,13-14H,4-6,8H2,2H3. The monoisotopic (exact) mass is 312 g/mol. The number of thioether (sulfide) groups is 1. The number of terminal acetylenes is 1. The second-order valence-electron chi connectivity index (χ2n) is 3.72. The molecule has 0 amide bonds. The van der Waals surface area contributed by atoms with E-state index in [4.69, 9.17) is 6.42 Å². The van der Waals surface area contributed by atoms with Crippen molar-refractivity contribution in [3.63, 3.8) is 0 Å². The molecular formula is C12H16N4O2S2. The fourth-order valence-electron chi connectivity index (χ4n) is 1.31. The molecule has 0 unspecified atom stereocenters. The van der Waals surface area contributed by atoms with Crippen LogP contribution in [0.5, 0.6) is 0 Å². The first kappa shape index (κ1) is 16.3. The van der Waals surface area contributed by atoms with E-state index in [1.165, 1.54) is 0 Å². The maximum atomic E-state index is 10.4. The van der Waals surface area contributed by atoms with E-state index in [0.717, 1.165) is 28.4 Å². The third-order valence-electron chi connectivity index (χ3n) is 2.09. The second-order valence-corrected chi connectivity index (χ2v) is 5.89. The van der Waals surface area contributed by atoms with Gasteiger partial charge in [-0.3, -0.25) is 10.1 Å². The minimum absolute atomic E-state index is 0.248. The molecule has 6 nitrogen and oxygen atoms in total. The maximum Gasteiger partial charge on any atom is 0.274 e.